The van der Waals surface area contributed by atoms with Gasteiger partial charge in [0.25, 0.3) is 0 Å². The molecule has 2 rings (SSSR count). The fourth-order valence-corrected chi connectivity index (χ4v) is 4.35. The lowest BCUT2D eigenvalue weighted by atomic mass is 9.94. The smallest absolute Gasteiger partial charge is 0.408 e. The summed E-state index contributed by atoms with van der Waals surface area (Å²) in [4.78, 5) is 41.3. The van der Waals surface area contributed by atoms with Crippen LogP contribution in [0, 0.1) is 0 Å². The van der Waals surface area contributed by atoms with Crippen LogP contribution in [0.4, 0.5) is 4.79 Å². The van der Waals surface area contributed by atoms with Gasteiger partial charge in [-0.15, -0.1) is 0 Å². The Morgan fingerprint density at radius 3 is 2.49 bits per heavy atom. The van der Waals surface area contributed by atoms with Crippen molar-refractivity contribution >= 4 is 24.0 Å². The first-order chi connectivity index (χ1) is 16.6. The summed E-state index contributed by atoms with van der Waals surface area (Å²) in [6.45, 7) is 13.2. The van der Waals surface area contributed by atoms with Crippen molar-refractivity contribution in [3.8, 4) is 0 Å². The van der Waals surface area contributed by atoms with Gasteiger partial charge in [0.05, 0.1) is 0 Å². The van der Waals surface area contributed by atoms with Gasteiger partial charge in [0.1, 0.15) is 17.7 Å². The van der Waals surface area contributed by atoms with Gasteiger partial charge in [-0.2, -0.15) is 0 Å². The van der Waals surface area contributed by atoms with Crippen molar-refractivity contribution < 1.29 is 19.1 Å². The second-order valence-corrected chi connectivity index (χ2v) is 10.4. The van der Waals surface area contributed by atoms with Gasteiger partial charge in [0.15, 0.2) is 0 Å². The quantitative estimate of drug-likeness (QED) is 0.467. The number of amides is 3. The minimum absolute atomic E-state index is 0.113. The molecule has 3 amide bonds. The molecular weight excluding hydrogens is 442 g/mol. The monoisotopic (exact) mass is 485 g/mol. The molecule has 1 aliphatic rings. The molecule has 0 spiro atoms. The van der Waals surface area contributed by atoms with Crippen LogP contribution in [0.15, 0.2) is 30.8 Å². The number of rotatable bonds is 10. The van der Waals surface area contributed by atoms with Gasteiger partial charge in [0, 0.05) is 12.6 Å². The summed E-state index contributed by atoms with van der Waals surface area (Å²) in [5.74, 6) is -0.510. The first kappa shape index (κ1) is 28.4. The number of alkyl carbamates (subject to hydrolysis) is 1. The highest BCUT2D eigenvalue weighted by atomic mass is 16.6. The van der Waals surface area contributed by atoms with E-state index in [-0.39, 0.29) is 17.9 Å². The molecule has 1 aliphatic carbocycles. The fraction of sp³-hybridized carbons (Fsp3) is 0.607. The van der Waals surface area contributed by atoms with E-state index in [1.165, 1.54) is 6.42 Å². The van der Waals surface area contributed by atoms with Gasteiger partial charge in [-0.3, -0.25) is 9.59 Å². The second kappa shape index (κ2) is 13.3. The second-order valence-electron chi connectivity index (χ2n) is 10.4. The van der Waals surface area contributed by atoms with Crippen molar-refractivity contribution in [2.75, 3.05) is 6.54 Å². The van der Waals surface area contributed by atoms with Crippen molar-refractivity contribution in [3.05, 3.63) is 42.0 Å². The summed E-state index contributed by atoms with van der Waals surface area (Å²) in [6.07, 6.45) is 7.94. The number of hydrogen-bond acceptors (Lipinski definition) is 4. The van der Waals surface area contributed by atoms with E-state index < -0.39 is 23.8 Å². The lowest BCUT2D eigenvalue weighted by molar-refractivity contribution is -0.142. The van der Waals surface area contributed by atoms with Crippen LogP contribution in [0.25, 0.3) is 6.08 Å². The molecule has 1 aromatic carbocycles. The van der Waals surface area contributed by atoms with E-state index in [2.05, 4.69) is 17.2 Å². The third-order valence-corrected chi connectivity index (χ3v) is 6.11. The SMILES string of the molecule is C=Cc1cccc(C(C(=O)NC2CCCCC2)N(CCCC)C(=O)C(C)NC(=O)OC(C)(C)C)c1. The number of hydrogen-bond donors (Lipinski definition) is 2. The van der Waals surface area contributed by atoms with E-state index in [4.69, 9.17) is 4.74 Å². The number of unbranched alkanes of at least 4 members (excludes halogenated alkanes) is 1. The maximum absolute atomic E-state index is 13.7. The van der Waals surface area contributed by atoms with Gasteiger partial charge in [-0.05, 0) is 64.2 Å². The average molecular weight is 486 g/mol. The lowest BCUT2D eigenvalue weighted by Crippen LogP contribution is -2.53. The van der Waals surface area contributed by atoms with Gasteiger partial charge in [-0.25, -0.2) is 4.79 Å². The Bertz CT molecular complexity index is 871. The van der Waals surface area contributed by atoms with Crippen LogP contribution in [0.5, 0.6) is 0 Å². The highest BCUT2D eigenvalue weighted by Crippen LogP contribution is 2.26. The molecule has 0 aromatic heterocycles. The molecule has 0 saturated heterocycles. The van der Waals surface area contributed by atoms with Crippen molar-refractivity contribution in [2.45, 2.75) is 103 Å². The van der Waals surface area contributed by atoms with E-state index in [0.29, 0.717) is 6.54 Å². The highest BCUT2D eigenvalue weighted by molar-refractivity contribution is 5.92. The number of nitrogens with one attached hydrogen (secondary N) is 2. The molecule has 35 heavy (non-hydrogen) atoms. The van der Waals surface area contributed by atoms with Crippen molar-refractivity contribution in [3.63, 3.8) is 0 Å². The van der Waals surface area contributed by atoms with Crippen LogP contribution in [-0.2, 0) is 14.3 Å². The number of nitrogens with zero attached hydrogens (tertiary/aromatic N) is 1. The van der Waals surface area contributed by atoms with Crippen molar-refractivity contribution in [2.24, 2.45) is 0 Å². The zero-order chi connectivity index (χ0) is 26.0. The summed E-state index contributed by atoms with van der Waals surface area (Å²) in [5, 5.41) is 5.85. The Labute approximate surface area is 210 Å². The fourth-order valence-electron chi connectivity index (χ4n) is 4.35. The first-order valence-electron chi connectivity index (χ1n) is 12.9. The number of benzene rings is 1. The van der Waals surface area contributed by atoms with Gasteiger partial charge in [0.2, 0.25) is 11.8 Å². The highest BCUT2D eigenvalue weighted by Gasteiger charge is 2.35. The van der Waals surface area contributed by atoms with Crippen LogP contribution in [0.2, 0.25) is 0 Å². The number of carbonyl (C=O) groups is 3. The molecule has 2 atom stereocenters. The number of ether oxygens (including phenoxy) is 1. The van der Waals surface area contributed by atoms with Crippen LogP contribution < -0.4 is 10.6 Å². The Kier molecular flexibility index (Phi) is 10.8. The van der Waals surface area contributed by atoms with Crippen molar-refractivity contribution in [1.29, 1.82) is 0 Å². The maximum Gasteiger partial charge on any atom is 0.408 e. The predicted octanol–water partition coefficient (Wildman–Crippen LogP) is 5.36. The van der Waals surface area contributed by atoms with E-state index >= 15 is 0 Å². The molecule has 0 radical (unpaired) electrons. The Morgan fingerprint density at radius 1 is 1.20 bits per heavy atom. The molecule has 1 aromatic rings. The topological polar surface area (TPSA) is 87.7 Å². The van der Waals surface area contributed by atoms with E-state index in [1.807, 2.05) is 31.2 Å². The third-order valence-electron chi connectivity index (χ3n) is 6.11. The molecular formula is C28H43N3O4. The van der Waals surface area contributed by atoms with Gasteiger partial charge in [-0.1, -0.05) is 63.5 Å². The summed E-state index contributed by atoms with van der Waals surface area (Å²) >= 11 is 0. The summed E-state index contributed by atoms with van der Waals surface area (Å²) in [5.41, 5.74) is 0.924. The normalized spacial score (nSPS) is 16.0. The minimum atomic E-state index is -0.853. The molecule has 1 saturated carbocycles. The molecule has 0 aliphatic heterocycles. The number of carbonyl (C=O) groups excluding carboxylic acids is 3. The Hall–Kier alpha value is -2.83. The Balaban J connectivity index is 2.36. The molecule has 7 heteroatoms. The third kappa shape index (κ3) is 9.04. The molecule has 0 heterocycles. The van der Waals surface area contributed by atoms with E-state index in [9.17, 15) is 14.4 Å². The predicted molar refractivity (Wildman–Crippen MR) is 140 cm³/mol. The zero-order valence-corrected chi connectivity index (χ0v) is 22.1. The molecule has 2 unspecified atom stereocenters. The summed E-state index contributed by atoms with van der Waals surface area (Å²) < 4.78 is 5.33. The van der Waals surface area contributed by atoms with Crippen LogP contribution in [0.1, 0.15) is 96.7 Å². The van der Waals surface area contributed by atoms with Gasteiger partial charge < -0.3 is 20.3 Å². The summed E-state index contributed by atoms with van der Waals surface area (Å²) in [6, 6.07) is 6.01. The van der Waals surface area contributed by atoms with Crippen LogP contribution >= 0.6 is 0 Å². The molecule has 2 N–H and O–H groups in total. The minimum Gasteiger partial charge on any atom is -0.444 e. The first-order valence-corrected chi connectivity index (χ1v) is 12.9. The van der Waals surface area contributed by atoms with Gasteiger partial charge >= 0.3 is 6.09 Å². The maximum atomic E-state index is 13.7. The van der Waals surface area contributed by atoms with Crippen molar-refractivity contribution in [1.82, 2.24) is 15.5 Å². The summed E-state index contributed by atoms with van der Waals surface area (Å²) in [7, 11) is 0. The van der Waals surface area contributed by atoms with Crippen LogP contribution in [-0.4, -0.2) is 47.0 Å². The molecule has 1 fully saturated rings. The zero-order valence-electron chi connectivity index (χ0n) is 22.1. The average Bonchev–Trinajstić information content (AvgIpc) is 2.80. The standard InChI is InChI=1S/C28H43N3O4/c1-7-9-18-31(26(33)20(3)29-27(34)35-28(4,5)6)24(22-15-13-14-21(8-2)19-22)25(32)30-23-16-11-10-12-17-23/h8,13-15,19-20,23-24H,2,7,9-12,16-18H2,1,3-6H3,(H,29,34)(H,30,32). The molecule has 7 nitrogen and oxygen atoms in total. The Morgan fingerprint density at radius 2 is 1.89 bits per heavy atom. The largest absolute Gasteiger partial charge is 0.444 e. The molecule has 194 valence electrons. The van der Waals surface area contributed by atoms with Crippen LogP contribution in [0.3, 0.4) is 0 Å². The molecule has 0 bridgehead atoms. The van der Waals surface area contributed by atoms with E-state index in [1.54, 1.807) is 38.7 Å². The lowest BCUT2D eigenvalue weighted by Gasteiger charge is -2.35. The van der Waals surface area contributed by atoms with E-state index in [0.717, 1.165) is 49.7 Å².